The fraction of sp³-hybridized carbons (Fsp3) is 0.400. The Kier molecular flexibility index (Phi) is 7.65. The molecule has 0 fully saturated rings. The number of hydrogen-bond acceptors (Lipinski definition) is 2. The molecular formula is C25H31NS. The minimum absolute atomic E-state index is 1.08. The zero-order valence-corrected chi connectivity index (χ0v) is 17.5. The Hall–Kier alpha value is -1.93. The van der Waals surface area contributed by atoms with E-state index in [2.05, 4.69) is 67.4 Å². The van der Waals surface area contributed by atoms with Gasteiger partial charge >= 0.3 is 0 Å². The third-order valence-corrected chi connectivity index (χ3v) is 6.27. The van der Waals surface area contributed by atoms with E-state index in [1.165, 1.54) is 72.1 Å². The van der Waals surface area contributed by atoms with E-state index in [0.29, 0.717) is 0 Å². The highest BCUT2D eigenvalue weighted by Crippen LogP contribution is 2.32. The number of benzene rings is 2. The van der Waals surface area contributed by atoms with E-state index in [1.54, 1.807) is 11.3 Å². The van der Waals surface area contributed by atoms with Crippen molar-refractivity contribution < 1.29 is 0 Å². The molecule has 0 aliphatic rings. The summed E-state index contributed by atoms with van der Waals surface area (Å²) in [7, 11) is 0. The zero-order valence-electron chi connectivity index (χ0n) is 16.7. The van der Waals surface area contributed by atoms with Crippen molar-refractivity contribution in [3.05, 3.63) is 65.9 Å². The molecule has 0 unspecified atom stereocenters. The average Bonchev–Trinajstić information content (AvgIpc) is 3.21. The first-order valence-electron chi connectivity index (χ1n) is 10.4. The smallest absolute Gasteiger partial charge is 0.123 e. The highest BCUT2D eigenvalue weighted by molar-refractivity contribution is 7.18. The van der Waals surface area contributed by atoms with Crippen LogP contribution in [0.5, 0.6) is 0 Å². The minimum Gasteiger partial charge on any atom is -0.244 e. The van der Waals surface area contributed by atoms with Crippen molar-refractivity contribution in [2.75, 3.05) is 0 Å². The summed E-state index contributed by atoms with van der Waals surface area (Å²) >= 11 is 1.78. The summed E-state index contributed by atoms with van der Waals surface area (Å²) in [5, 5.41) is 1.11. The Morgan fingerprint density at radius 1 is 0.704 bits per heavy atom. The highest BCUT2D eigenvalue weighted by Gasteiger charge is 2.07. The number of aromatic nitrogens is 1. The van der Waals surface area contributed by atoms with Crippen LogP contribution in [0.3, 0.4) is 0 Å². The first-order chi connectivity index (χ1) is 13.3. The predicted octanol–water partition coefficient (Wildman–Crippen LogP) is 7.94. The lowest BCUT2D eigenvalue weighted by molar-refractivity contribution is 0.607. The highest BCUT2D eigenvalue weighted by atomic mass is 32.1. The van der Waals surface area contributed by atoms with Crippen molar-refractivity contribution in [1.29, 1.82) is 0 Å². The van der Waals surface area contributed by atoms with E-state index in [9.17, 15) is 0 Å². The van der Waals surface area contributed by atoms with Gasteiger partial charge in [0.1, 0.15) is 5.01 Å². The lowest BCUT2D eigenvalue weighted by Gasteiger charge is -2.03. The number of hydrogen-bond donors (Lipinski definition) is 0. The molecule has 2 aromatic carbocycles. The number of rotatable bonds is 10. The zero-order chi connectivity index (χ0) is 18.9. The summed E-state index contributed by atoms with van der Waals surface area (Å²) in [5.41, 5.74) is 5.31. The molecule has 1 aromatic heterocycles. The lowest BCUT2D eigenvalue weighted by atomic mass is 10.0. The van der Waals surface area contributed by atoms with E-state index in [-0.39, 0.29) is 0 Å². The van der Waals surface area contributed by atoms with Crippen molar-refractivity contribution in [3.63, 3.8) is 0 Å². The molecule has 0 aliphatic carbocycles. The van der Waals surface area contributed by atoms with Crippen molar-refractivity contribution >= 4 is 11.3 Å². The molecule has 0 bridgehead atoms. The molecule has 1 heterocycles. The van der Waals surface area contributed by atoms with Gasteiger partial charge in [0.05, 0.1) is 4.88 Å². The predicted molar refractivity (Wildman–Crippen MR) is 119 cm³/mol. The number of unbranched alkanes of at least 4 members (excludes halogenated alkanes) is 5. The Bertz CT molecular complexity index is 799. The van der Waals surface area contributed by atoms with E-state index in [1.807, 2.05) is 6.20 Å². The largest absolute Gasteiger partial charge is 0.244 e. The van der Waals surface area contributed by atoms with E-state index in [0.717, 1.165) is 11.4 Å². The minimum atomic E-state index is 1.08. The van der Waals surface area contributed by atoms with Gasteiger partial charge in [-0.1, -0.05) is 94.5 Å². The lowest BCUT2D eigenvalue weighted by Crippen LogP contribution is -1.86. The normalized spacial score (nSPS) is 11.0. The van der Waals surface area contributed by atoms with Crippen molar-refractivity contribution in [3.8, 4) is 21.0 Å². The maximum Gasteiger partial charge on any atom is 0.123 e. The standard InChI is InChI=1S/C25H31NS/c1-3-5-6-7-8-9-10-21-13-17-23(18-14-21)25-26-19-24(27-25)22-15-11-20(4-2)12-16-22/h11-19H,3-10H2,1-2H3. The van der Waals surface area contributed by atoms with Gasteiger partial charge in [0.25, 0.3) is 0 Å². The molecule has 0 N–H and O–H groups in total. The fourth-order valence-electron chi connectivity index (χ4n) is 3.37. The van der Waals surface area contributed by atoms with Crippen LogP contribution in [-0.4, -0.2) is 4.98 Å². The molecule has 3 aromatic rings. The van der Waals surface area contributed by atoms with Gasteiger partial charge in [-0.15, -0.1) is 11.3 Å². The van der Waals surface area contributed by atoms with Gasteiger partial charge in [0.2, 0.25) is 0 Å². The van der Waals surface area contributed by atoms with Gasteiger partial charge in [-0.2, -0.15) is 0 Å². The van der Waals surface area contributed by atoms with Crippen molar-refractivity contribution in [1.82, 2.24) is 4.98 Å². The van der Waals surface area contributed by atoms with Gasteiger partial charge in [-0.25, -0.2) is 4.98 Å². The van der Waals surface area contributed by atoms with Crippen LogP contribution >= 0.6 is 11.3 Å². The number of aryl methyl sites for hydroxylation is 2. The summed E-state index contributed by atoms with van der Waals surface area (Å²) in [4.78, 5) is 5.90. The molecule has 0 radical (unpaired) electrons. The summed E-state index contributed by atoms with van der Waals surface area (Å²) in [6, 6.07) is 17.9. The molecule has 142 valence electrons. The SMILES string of the molecule is CCCCCCCCc1ccc(-c2ncc(-c3ccc(CC)cc3)s2)cc1. The first-order valence-corrected chi connectivity index (χ1v) is 11.3. The van der Waals surface area contributed by atoms with Gasteiger partial charge in [0.15, 0.2) is 0 Å². The fourth-order valence-corrected chi connectivity index (χ4v) is 4.30. The van der Waals surface area contributed by atoms with E-state index < -0.39 is 0 Å². The van der Waals surface area contributed by atoms with Crippen LogP contribution in [-0.2, 0) is 12.8 Å². The molecular weight excluding hydrogens is 346 g/mol. The first kappa shape index (κ1) is 19.8. The number of nitrogens with zero attached hydrogens (tertiary/aromatic N) is 1. The molecule has 27 heavy (non-hydrogen) atoms. The Morgan fingerprint density at radius 3 is 2.04 bits per heavy atom. The quantitative estimate of drug-likeness (QED) is 0.327. The van der Waals surface area contributed by atoms with E-state index >= 15 is 0 Å². The molecule has 0 saturated heterocycles. The summed E-state index contributed by atoms with van der Waals surface area (Å²) in [6.45, 7) is 4.46. The van der Waals surface area contributed by atoms with Crippen LogP contribution in [0.4, 0.5) is 0 Å². The Balaban J connectivity index is 1.56. The molecule has 1 nitrogen and oxygen atoms in total. The Labute approximate surface area is 168 Å². The number of thiazole rings is 1. The Morgan fingerprint density at radius 2 is 1.33 bits per heavy atom. The maximum absolute atomic E-state index is 4.66. The third kappa shape index (κ3) is 5.77. The van der Waals surface area contributed by atoms with Crippen LogP contribution in [0.15, 0.2) is 54.7 Å². The van der Waals surface area contributed by atoms with Crippen LogP contribution in [0.1, 0.15) is 63.5 Å². The van der Waals surface area contributed by atoms with Crippen LogP contribution in [0, 0.1) is 0 Å². The van der Waals surface area contributed by atoms with Gasteiger partial charge in [-0.05, 0) is 36.0 Å². The molecule has 0 spiro atoms. The topological polar surface area (TPSA) is 12.9 Å². The van der Waals surface area contributed by atoms with Crippen LogP contribution < -0.4 is 0 Å². The summed E-state index contributed by atoms with van der Waals surface area (Å²) < 4.78 is 0. The summed E-state index contributed by atoms with van der Waals surface area (Å²) in [5.74, 6) is 0. The van der Waals surface area contributed by atoms with Gasteiger partial charge in [-0.3, -0.25) is 0 Å². The molecule has 0 saturated carbocycles. The monoisotopic (exact) mass is 377 g/mol. The molecule has 0 atom stereocenters. The third-order valence-electron chi connectivity index (χ3n) is 5.17. The van der Waals surface area contributed by atoms with Crippen LogP contribution in [0.25, 0.3) is 21.0 Å². The van der Waals surface area contributed by atoms with Crippen molar-refractivity contribution in [2.24, 2.45) is 0 Å². The summed E-state index contributed by atoms with van der Waals surface area (Å²) in [6.07, 6.45) is 12.4. The average molecular weight is 378 g/mol. The second-order valence-corrected chi connectivity index (χ2v) is 8.33. The molecule has 2 heteroatoms. The van der Waals surface area contributed by atoms with E-state index in [4.69, 9.17) is 0 Å². The molecule has 0 aliphatic heterocycles. The van der Waals surface area contributed by atoms with Gasteiger partial charge in [0, 0.05) is 11.8 Å². The molecule has 0 amide bonds. The van der Waals surface area contributed by atoms with Crippen LogP contribution in [0.2, 0.25) is 0 Å². The van der Waals surface area contributed by atoms with Crippen molar-refractivity contribution in [2.45, 2.75) is 65.2 Å². The second-order valence-electron chi connectivity index (χ2n) is 7.29. The second kappa shape index (κ2) is 10.4. The van der Waals surface area contributed by atoms with Gasteiger partial charge < -0.3 is 0 Å². The molecule has 3 rings (SSSR count). The maximum atomic E-state index is 4.66.